The number of hydrogen-bond acceptors (Lipinski definition) is 10. The molecule has 2 heterocycles. The van der Waals surface area contributed by atoms with E-state index in [2.05, 4.69) is 24.7 Å². The fourth-order valence-corrected chi connectivity index (χ4v) is 4.53. The molecular weight excluding hydrogens is 528 g/mol. The number of aromatic nitrogens is 4. The lowest BCUT2D eigenvalue weighted by Crippen LogP contribution is -2.31. The van der Waals surface area contributed by atoms with Crippen molar-refractivity contribution in [2.24, 2.45) is 4.99 Å². The molecule has 0 amide bonds. The van der Waals surface area contributed by atoms with E-state index in [-0.39, 0.29) is 33.9 Å². The summed E-state index contributed by atoms with van der Waals surface area (Å²) in [5, 5.41) is 10.8. The fraction of sp³-hybridized carbons (Fsp3) is 0.160. The summed E-state index contributed by atoms with van der Waals surface area (Å²) in [4.78, 5) is 39.0. The van der Waals surface area contributed by atoms with Gasteiger partial charge in [0.15, 0.2) is 5.82 Å². The van der Waals surface area contributed by atoms with Crippen LogP contribution in [-0.4, -0.2) is 53.5 Å². The van der Waals surface area contributed by atoms with Crippen LogP contribution in [0.15, 0.2) is 68.0 Å². The zero-order valence-electron chi connectivity index (χ0n) is 21.3. The van der Waals surface area contributed by atoms with Gasteiger partial charge in [-0.3, -0.25) is 19.5 Å². The molecule has 2 aromatic carbocycles. The van der Waals surface area contributed by atoms with Crippen LogP contribution in [0.3, 0.4) is 0 Å². The highest BCUT2D eigenvalue weighted by molar-refractivity contribution is 7.92. The first-order valence-corrected chi connectivity index (χ1v) is 12.8. The van der Waals surface area contributed by atoms with E-state index in [0.29, 0.717) is 11.3 Å². The van der Waals surface area contributed by atoms with E-state index in [1.165, 1.54) is 44.6 Å². The van der Waals surface area contributed by atoms with Gasteiger partial charge in [0.2, 0.25) is 11.8 Å². The third-order valence-corrected chi connectivity index (χ3v) is 6.90. The summed E-state index contributed by atoms with van der Waals surface area (Å²) in [6.45, 7) is 3.60. The number of sulfonamides is 1. The Balaban J connectivity index is 1.62. The molecule has 0 aliphatic rings. The molecule has 0 aliphatic heterocycles. The Bertz CT molecular complexity index is 1770. The van der Waals surface area contributed by atoms with E-state index in [4.69, 9.17) is 9.47 Å². The minimum absolute atomic E-state index is 0.0607. The number of rotatable bonds is 8. The zero-order valence-corrected chi connectivity index (χ0v) is 22.1. The third-order valence-electron chi connectivity index (χ3n) is 5.53. The number of aliphatic imine (C=N–C) groups is 1. The zero-order chi connectivity index (χ0) is 28.3. The average Bonchev–Trinajstić information content (AvgIpc) is 2.90. The highest BCUT2D eigenvalue weighted by atomic mass is 32.2. The number of ether oxygens (including phenoxy) is 2. The van der Waals surface area contributed by atoms with Crippen LogP contribution in [0.1, 0.15) is 16.7 Å². The maximum absolute atomic E-state index is 12.8. The predicted octanol–water partition coefficient (Wildman–Crippen LogP) is 2.21. The van der Waals surface area contributed by atoms with Crippen LogP contribution in [-0.2, 0) is 10.0 Å². The summed E-state index contributed by atoms with van der Waals surface area (Å²) in [5.41, 5.74) is 0.363. The molecule has 2 aromatic heterocycles. The van der Waals surface area contributed by atoms with Crippen LogP contribution >= 0.6 is 0 Å². The summed E-state index contributed by atoms with van der Waals surface area (Å²) in [6, 6.07) is 12.0. The number of hydrogen-bond donors (Lipinski definition) is 3. The Morgan fingerprint density at radius 2 is 1.74 bits per heavy atom. The predicted molar refractivity (Wildman–Crippen MR) is 143 cm³/mol. The summed E-state index contributed by atoms with van der Waals surface area (Å²) in [7, 11) is -1.35. The Morgan fingerprint density at radius 1 is 1.03 bits per heavy atom. The normalized spacial score (nSPS) is 11.5. The van der Waals surface area contributed by atoms with Crippen molar-refractivity contribution >= 4 is 27.7 Å². The smallest absolute Gasteiger partial charge is 0.335 e. The van der Waals surface area contributed by atoms with Crippen molar-refractivity contribution in [2.75, 3.05) is 18.9 Å². The van der Waals surface area contributed by atoms with Gasteiger partial charge in [0.25, 0.3) is 15.6 Å². The number of H-pyrrole nitrogens is 1. The Hall–Kier alpha value is -4.98. The van der Waals surface area contributed by atoms with Crippen LogP contribution in [0.5, 0.6) is 17.8 Å². The van der Waals surface area contributed by atoms with Crippen molar-refractivity contribution in [1.29, 1.82) is 0 Å². The molecule has 202 valence electrons. The molecule has 0 saturated heterocycles. The lowest BCUT2D eigenvalue weighted by Gasteiger charge is -2.12. The first-order chi connectivity index (χ1) is 18.5. The van der Waals surface area contributed by atoms with Crippen LogP contribution in [0, 0.1) is 13.8 Å². The minimum Gasteiger partial charge on any atom is -0.493 e. The van der Waals surface area contributed by atoms with Gasteiger partial charge in [0.1, 0.15) is 5.56 Å². The van der Waals surface area contributed by atoms with Crippen molar-refractivity contribution in [3.63, 3.8) is 0 Å². The molecule has 0 spiro atoms. The second-order valence-electron chi connectivity index (χ2n) is 8.26. The number of nitrogens with one attached hydrogen (secondary N) is 2. The summed E-state index contributed by atoms with van der Waals surface area (Å²) in [6.07, 6.45) is 1.09. The maximum atomic E-state index is 12.8. The molecule has 3 N–H and O–H groups in total. The maximum Gasteiger partial charge on any atom is 0.335 e. The molecule has 0 radical (unpaired) electrons. The van der Waals surface area contributed by atoms with E-state index >= 15 is 0 Å². The molecule has 0 fully saturated rings. The Morgan fingerprint density at radius 3 is 2.41 bits per heavy atom. The largest absolute Gasteiger partial charge is 0.493 e. The first-order valence-electron chi connectivity index (χ1n) is 11.3. The second kappa shape index (κ2) is 10.8. The van der Waals surface area contributed by atoms with Gasteiger partial charge < -0.3 is 14.6 Å². The topological polar surface area (TPSA) is 178 Å². The lowest BCUT2D eigenvalue weighted by atomic mass is 10.1. The number of benzene rings is 2. The van der Waals surface area contributed by atoms with Gasteiger partial charge in [0.05, 0.1) is 30.5 Å². The van der Waals surface area contributed by atoms with Gasteiger partial charge in [0, 0.05) is 12.3 Å². The molecule has 13 nitrogen and oxygen atoms in total. The SMILES string of the molecule is COc1cc(NS(=O)(=O)c2ccc(N=Cc3c(O)n(-c4cc(C)ccc4C)c(=O)[nH]c3=O)cc2)nc(OC)n1. The van der Waals surface area contributed by atoms with Gasteiger partial charge in [-0.05, 0) is 55.3 Å². The monoisotopic (exact) mass is 552 g/mol. The molecular formula is C25H24N6O7S. The van der Waals surface area contributed by atoms with Crippen LogP contribution in [0.2, 0.25) is 0 Å². The van der Waals surface area contributed by atoms with Gasteiger partial charge in [-0.25, -0.2) is 17.8 Å². The van der Waals surface area contributed by atoms with Crippen LogP contribution < -0.4 is 25.4 Å². The van der Waals surface area contributed by atoms with Crippen molar-refractivity contribution in [1.82, 2.24) is 19.5 Å². The second-order valence-corrected chi connectivity index (χ2v) is 9.94. The molecule has 39 heavy (non-hydrogen) atoms. The summed E-state index contributed by atoms with van der Waals surface area (Å²) in [5.74, 6) is -0.541. The van der Waals surface area contributed by atoms with E-state index in [0.717, 1.165) is 16.3 Å². The van der Waals surface area contributed by atoms with Gasteiger partial charge in [-0.1, -0.05) is 12.1 Å². The molecule has 14 heteroatoms. The van der Waals surface area contributed by atoms with E-state index < -0.39 is 27.2 Å². The lowest BCUT2D eigenvalue weighted by molar-refractivity contribution is 0.353. The number of aromatic amines is 1. The third kappa shape index (κ3) is 5.80. The number of methoxy groups -OCH3 is 2. The molecule has 0 saturated carbocycles. The van der Waals surface area contributed by atoms with Gasteiger partial charge >= 0.3 is 11.7 Å². The highest BCUT2D eigenvalue weighted by Crippen LogP contribution is 2.23. The number of anilines is 1. The molecule has 0 aliphatic carbocycles. The quantitative estimate of drug-likeness (QED) is 0.276. The number of aryl methyl sites for hydroxylation is 2. The summed E-state index contributed by atoms with van der Waals surface area (Å²) < 4.78 is 39.0. The molecule has 4 rings (SSSR count). The average molecular weight is 553 g/mol. The first kappa shape index (κ1) is 27.1. The molecule has 0 unspecified atom stereocenters. The van der Waals surface area contributed by atoms with Crippen molar-refractivity contribution < 1.29 is 23.0 Å². The van der Waals surface area contributed by atoms with E-state index in [1.54, 1.807) is 19.1 Å². The van der Waals surface area contributed by atoms with Crippen molar-refractivity contribution in [3.05, 3.63) is 86.1 Å². The van der Waals surface area contributed by atoms with Crippen LogP contribution in [0.4, 0.5) is 11.5 Å². The van der Waals surface area contributed by atoms with Crippen LogP contribution in [0.25, 0.3) is 5.69 Å². The Kier molecular flexibility index (Phi) is 7.49. The number of nitrogens with zero attached hydrogens (tertiary/aromatic N) is 4. The van der Waals surface area contributed by atoms with Crippen molar-refractivity contribution in [3.8, 4) is 23.5 Å². The van der Waals surface area contributed by atoms with E-state index in [9.17, 15) is 23.1 Å². The van der Waals surface area contributed by atoms with Crippen molar-refractivity contribution in [2.45, 2.75) is 18.7 Å². The highest BCUT2D eigenvalue weighted by Gasteiger charge is 2.18. The van der Waals surface area contributed by atoms with Gasteiger partial charge in [-0.15, -0.1) is 0 Å². The van der Waals surface area contributed by atoms with E-state index in [1.807, 2.05) is 13.0 Å². The minimum atomic E-state index is -4.05. The molecule has 4 aromatic rings. The summed E-state index contributed by atoms with van der Waals surface area (Å²) >= 11 is 0. The Labute approximate surface area is 222 Å². The molecule has 0 bridgehead atoms. The molecule has 0 atom stereocenters. The fourth-order valence-electron chi connectivity index (χ4n) is 3.54. The number of aromatic hydroxyl groups is 1. The van der Waals surface area contributed by atoms with Gasteiger partial charge in [-0.2, -0.15) is 9.97 Å². The standard InChI is InChI=1S/C25H24N6O7S/c1-14-5-6-15(2)19(11-14)31-23(33)18(22(32)29-25(31)34)13-26-16-7-9-17(10-8-16)39(35,36)30-20-12-21(37-3)28-24(27-20)38-4/h5-13,33H,1-4H3,(H,27,28,30)(H,29,32,34).